The Balaban J connectivity index is 1.18. The van der Waals surface area contributed by atoms with Crippen molar-refractivity contribution in [2.45, 2.75) is 51.4 Å². The average molecular weight is 605 g/mol. The van der Waals surface area contributed by atoms with E-state index < -0.39 is 0 Å². The number of rotatable bonds is 0. The SMILES string of the molecule is O=C1Cc2ccc(cc2)OCC/C=C\CCOc2ccc(cc2)CC(=O)Nc2nnc(s2)CCCCc2nnc(s2)N1. The number of carbonyl (C=O) groups is 2. The predicted octanol–water partition coefficient (Wildman–Crippen LogP) is 5.43. The standard InChI is InChI=1S/C30H32N6O4S2/c37-25-19-21-9-13-23(14-10-21)39-17-5-1-2-6-18-40-24-15-11-22(12-16-24)20-26(38)32-30-36-34-28(42-30)8-4-3-7-27-33-35-29(31-25)41-27/h1-2,9-16H,3-8,17-20H2,(H,31,35,37)(H,32,36,38)/b2-1-. The molecule has 0 radical (unpaired) electrons. The van der Waals surface area contributed by atoms with Gasteiger partial charge in [0.2, 0.25) is 22.1 Å². The van der Waals surface area contributed by atoms with E-state index >= 15 is 0 Å². The molecule has 7 rings (SSSR count). The molecule has 4 aromatic rings. The molecule has 2 aromatic heterocycles. The number of nitrogens with zero attached hydrogens (tertiary/aromatic N) is 4. The van der Waals surface area contributed by atoms with Crippen LogP contribution in [0.1, 0.15) is 46.8 Å². The van der Waals surface area contributed by atoms with Gasteiger partial charge in [-0.3, -0.25) is 9.59 Å². The lowest BCUT2D eigenvalue weighted by molar-refractivity contribution is -0.116. The van der Waals surface area contributed by atoms with Gasteiger partial charge in [-0.15, -0.1) is 20.4 Å². The number of hydrogen-bond acceptors (Lipinski definition) is 10. The fraction of sp³-hybridized carbons (Fsp3) is 0.333. The van der Waals surface area contributed by atoms with E-state index in [4.69, 9.17) is 9.47 Å². The van der Waals surface area contributed by atoms with Crippen molar-refractivity contribution >= 4 is 44.8 Å². The van der Waals surface area contributed by atoms with Gasteiger partial charge < -0.3 is 20.1 Å². The molecule has 0 fully saturated rings. The van der Waals surface area contributed by atoms with Gasteiger partial charge in [0.1, 0.15) is 21.5 Å². The highest BCUT2D eigenvalue weighted by Gasteiger charge is 2.12. The van der Waals surface area contributed by atoms with Crippen molar-refractivity contribution in [2.24, 2.45) is 0 Å². The van der Waals surface area contributed by atoms with Gasteiger partial charge in [0.25, 0.3) is 0 Å². The maximum absolute atomic E-state index is 12.5. The first-order valence-corrected chi connectivity index (χ1v) is 15.6. The van der Waals surface area contributed by atoms with Crippen molar-refractivity contribution in [3.05, 3.63) is 81.8 Å². The number of amides is 2. The molecule has 0 unspecified atom stereocenters. The van der Waals surface area contributed by atoms with Crippen LogP contribution >= 0.6 is 22.7 Å². The number of fused-ring (bicyclic) bond motifs is 2. The normalized spacial score (nSPS) is 16.7. The molecule has 0 atom stereocenters. The highest BCUT2D eigenvalue weighted by Crippen LogP contribution is 2.21. The summed E-state index contributed by atoms with van der Waals surface area (Å²) in [5, 5.41) is 25.1. The Morgan fingerprint density at radius 2 is 1.02 bits per heavy atom. The molecule has 12 heteroatoms. The Hall–Kier alpha value is -4.16. The Morgan fingerprint density at radius 3 is 1.45 bits per heavy atom. The predicted molar refractivity (Wildman–Crippen MR) is 163 cm³/mol. The van der Waals surface area contributed by atoms with Crippen LogP contribution in [0.3, 0.4) is 0 Å². The second kappa shape index (κ2) is 15.2. The van der Waals surface area contributed by atoms with E-state index in [1.54, 1.807) is 0 Å². The molecule has 3 aliphatic rings. The molecule has 42 heavy (non-hydrogen) atoms. The molecule has 0 saturated heterocycles. The zero-order valence-corrected chi connectivity index (χ0v) is 24.7. The minimum atomic E-state index is -0.137. The molecule has 218 valence electrons. The van der Waals surface area contributed by atoms with Crippen molar-refractivity contribution in [2.75, 3.05) is 23.8 Å². The molecule has 3 aliphatic heterocycles. The highest BCUT2D eigenvalue weighted by molar-refractivity contribution is 7.15. The average Bonchev–Trinajstić information content (AvgIpc) is 3.62. The first-order chi connectivity index (χ1) is 20.6. The minimum Gasteiger partial charge on any atom is -0.493 e. The third-order valence-corrected chi connectivity index (χ3v) is 8.10. The van der Waals surface area contributed by atoms with Crippen molar-refractivity contribution in [3.8, 4) is 11.5 Å². The van der Waals surface area contributed by atoms with Crippen LogP contribution in [0.25, 0.3) is 0 Å². The molecule has 2 aromatic carbocycles. The van der Waals surface area contributed by atoms with E-state index in [-0.39, 0.29) is 24.7 Å². The van der Waals surface area contributed by atoms with Crippen LogP contribution in [0.15, 0.2) is 60.7 Å². The fourth-order valence-corrected chi connectivity index (χ4v) is 5.79. The van der Waals surface area contributed by atoms with Crippen LogP contribution in [-0.4, -0.2) is 45.4 Å². The molecule has 10 nitrogen and oxygen atoms in total. The maximum Gasteiger partial charge on any atom is 0.230 e. The summed E-state index contributed by atoms with van der Waals surface area (Å²) >= 11 is 2.78. The van der Waals surface area contributed by atoms with E-state index in [0.717, 1.165) is 71.2 Å². The van der Waals surface area contributed by atoms with Crippen LogP contribution in [0.5, 0.6) is 11.5 Å². The summed E-state index contributed by atoms with van der Waals surface area (Å²) in [5.74, 6) is 1.26. The van der Waals surface area contributed by atoms with E-state index in [1.807, 2.05) is 48.5 Å². The van der Waals surface area contributed by atoms with Crippen LogP contribution in [0.2, 0.25) is 0 Å². The Bertz CT molecular complexity index is 1370. The summed E-state index contributed by atoms with van der Waals surface area (Å²) in [6.07, 6.45) is 9.52. The van der Waals surface area contributed by atoms with E-state index in [9.17, 15) is 9.59 Å². The first kappa shape index (κ1) is 29.3. The topological polar surface area (TPSA) is 128 Å². The number of hydrogen-bond donors (Lipinski definition) is 2. The molecule has 5 heterocycles. The number of aromatic nitrogens is 4. The van der Waals surface area contributed by atoms with Crippen molar-refractivity contribution in [1.29, 1.82) is 0 Å². The lowest BCUT2D eigenvalue weighted by Gasteiger charge is -2.07. The number of carbonyl (C=O) groups excluding carboxylic acids is 2. The summed E-state index contributed by atoms with van der Waals surface area (Å²) in [6, 6.07) is 15.1. The van der Waals surface area contributed by atoms with E-state index in [2.05, 4.69) is 43.2 Å². The maximum atomic E-state index is 12.5. The van der Waals surface area contributed by atoms with Crippen molar-refractivity contribution in [1.82, 2.24) is 20.4 Å². The summed E-state index contributed by atoms with van der Waals surface area (Å²) in [7, 11) is 0. The van der Waals surface area contributed by atoms with Crippen molar-refractivity contribution in [3.63, 3.8) is 0 Å². The first-order valence-electron chi connectivity index (χ1n) is 13.9. The fourth-order valence-electron chi connectivity index (χ4n) is 4.19. The molecule has 0 saturated carbocycles. The lowest BCUT2D eigenvalue weighted by Crippen LogP contribution is -2.14. The van der Waals surface area contributed by atoms with Crippen LogP contribution in [-0.2, 0) is 35.3 Å². The number of nitrogens with one attached hydrogen (secondary N) is 2. The van der Waals surface area contributed by atoms with Gasteiger partial charge >= 0.3 is 0 Å². The largest absolute Gasteiger partial charge is 0.493 e. The van der Waals surface area contributed by atoms with Gasteiger partial charge in [-0.05, 0) is 61.1 Å². The Labute approximate surface area is 252 Å². The Kier molecular flexibility index (Phi) is 10.6. The smallest absolute Gasteiger partial charge is 0.230 e. The third kappa shape index (κ3) is 9.45. The van der Waals surface area contributed by atoms with Gasteiger partial charge in [-0.1, -0.05) is 59.1 Å². The third-order valence-electron chi connectivity index (χ3n) is 6.31. The summed E-state index contributed by atoms with van der Waals surface area (Å²) in [4.78, 5) is 25.0. The summed E-state index contributed by atoms with van der Waals surface area (Å²) in [5.41, 5.74) is 1.79. The summed E-state index contributed by atoms with van der Waals surface area (Å²) in [6.45, 7) is 1.12. The second-order valence-corrected chi connectivity index (χ2v) is 11.8. The number of anilines is 2. The quantitative estimate of drug-likeness (QED) is 0.255. The molecular weight excluding hydrogens is 573 g/mol. The minimum absolute atomic E-state index is 0.137. The molecule has 8 bridgehead atoms. The van der Waals surface area contributed by atoms with Crippen LogP contribution in [0.4, 0.5) is 10.3 Å². The number of aryl methyl sites for hydroxylation is 2. The number of benzene rings is 2. The second-order valence-electron chi connectivity index (χ2n) is 9.69. The molecule has 2 N–H and O–H groups in total. The highest BCUT2D eigenvalue weighted by atomic mass is 32.1. The van der Waals surface area contributed by atoms with Gasteiger partial charge in [-0.2, -0.15) is 0 Å². The molecule has 0 spiro atoms. The van der Waals surface area contributed by atoms with Gasteiger partial charge in [0.05, 0.1) is 26.1 Å². The van der Waals surface area contributed by atoms with Crippen LogP contribution < -0.4 is 20.1 Å². The zero-order valence-electron chi connectivity index (χ0n) is 23.1. The Morgan fingerprint density at radius 1 is 0.595 bits per heavy atom. The summed E-state index contributed by atoms with van der Waals surface area (Å²) < 4.78 is 11.6. The van der Waals surface area contributed by atoms with Gasteiger partial charge in [-0.25, -0.2) is 0 Å². The van der Waals surface area contributed by atoms with Gasteiger partial charge in [0, 0.05) is 12.8 Å². The molecule has 0 aliphatic carbocycles. The lowest BCUT2D eigenvalue weighted by atomic mass is 10.1. The van der Waals surface area contributed by atoms with E-state index in [1.165, 1.54) is 22.7 Å². The monoisotopic (exact) mass is 604 g/mol. The van der Waals surface area contributed by atoms with Gasteiger partial charge in [0.15, 0.2) is 0 Å². The zero-order chi connectivity index (χ0) is 29.0. The van der Waals surface area contributed by atoms with E-state index in [0.29, 0.717) is 23.5 Å². The molecule has 2 amide bonds. The van der Waals surface area contributed by atoms with Crippen LogP contribution in [0, 0.1) is 0 Å². The molecular formula is C30H32N6O4S2. The van der Waals surface area contributed by atoms with Crippen molar-refractivity contribution < 1.29 is 19.1 Å². The number of ether oxygens (including phenoxy) is 2.